The van der Waals surface area contributed by atoms with Crippen molar-refractivity contribution in [2.24, 2.45) is 11.0 Å². The molecule has 9 nitrogen and oxygen atoms in total. The Labute approximate surface area is 194 Å². The molecule has 174 valence electrons. The highest BCUT2D eigenvalue weighted by molar-refractivity contribution is 6.06. The van der Waals surface area contributed by atoms with Crippen LogP contribution in [0.5, 0.6) is 5.75 Å². The van der Waals surface area contributed by atoms with E-state index in [-0.39, 0.29) is 23.7 Å². The predicted molar refractivity (Wildman–Crippen MR) is 124 cm³/mol. The summed E-state index contributed by atoms with van der Waals surface area (Å²) in [4.78, 5) is 35.2. The highest BCUT2D eigenvalue weighted by atomic mass is 19.1. The van der Waals surface area contributed by atoms with Gasteiger partial charge in [-0.15, -0.1) is 0 Å². The van der Waals surface area contributed by atoms with Gasteiger partial charge in [-0.3, -0.25) is 19.7 Å². The second-order valence-electron chi connectivity index (χ2n) is 7.18. The Kier molecular flexibility index (Phi) is 8.01. The molecule has 10 heteroatoms. The third-order valence-electron chi connectivity index (χ3n) is 4.72. The summed E-state index contributed by atoms with van der Waals surface area (Å²) >= 11 is 0. The highest BCUT2D eigenvalue weighted by Gasteiger charge is 2.22. The predicted octanol–water partition coefficient (Wildman–Crippen LogP) is 4.04. The van der Waals surface area contributed by atoms with Crippen molar-refractivity contribution in [1.82, 2.24) is 5.43 Å². The van der Waals surface area contributed by atoms with Crippen LogP contribution in [-0.4, -0.2) is 23.0 Å². The molecule has 2 N–H and O–H groups in total. The van der Waals surface area contributed by atoms with Crippen molar-refractivity contribution >= 4 is 29.4 Å². The molecule has 0 aliphatic carbocycles. The lowest BCUT2D eigenvalue weighted by Crippen LogP contribution is -2.34. The molecule has 1 atom stereocenters. The monoisotopic (exact) mass is 464 g/mol. The SMILES string of the molecule is CC(C(=O)NN=Cc1ccc(OCc2ccccc2)c([N+](=O)[O-])c1)C(=O)Nc1ccccc1F. The van der Waals surface area contributed by atoms with Crippen molar-refractivity contribution in [2.45, 2.75) is 13.5 Å². The minimum atomic E-state index is -1.17. The molecule has 0 saturated heterocycles. The second kappa shape index (κ2) is 11.3. The Morgan fingerprint density at radius 3 is 2.50 bits per heavy atom. The summed E-state index contributed by atoms with van der Waals surface area (Å²) in [5, 5.41) is 17.5. The summed E-state index contributed by atoms with van der Waals surface area (Å²) in [5.74, 6) is -3.15. The third kappa shape index (κ3) is 6.45. The van der Waals surface area contributed by atoms with Crippen molar-refractivity contribution in [3.8, 4) is 5.75 Å². The molecule has 34 heavy (non-hydrogen) atoms. The Balaban J connectivity index is 1.60. The Morgan fingerprint density at radius 2 is 1.79 bits per heavy atom. The minimum Gasteiger partial charge on any atom is -0.482 e. The van der Waals surface area contributed by atoms with Gasteiger partial charge in [0, 0.05) is 11.6 Å². The normalized spacial score (nSPS) is 11.6. The molecule has 0 spiro atoms. The molecule has 3 aromatic rings. The Morgan fingerprint density at radius 1 is 1.09 bits per heavy atom. The van der Waals surface area contributed by atoms with Crippen molar-refractivity contribution in [3.63, 3.8) is 0 Å². The number of hydrogen-bond acceptors (Lipinski definition) is 6. The van der Waals surface area contributed by atoms with Crippen LogP contribution in [0.15, 0.2) is 77.9 Å². The van der Waals surface area contributed by atoms with E-state index in [0.29, 0.717) is 5.56 Å². The molecule has 0 saturated carbocycles. The number of nitrogens with one attached hydrogen (secondary N) is 2. The number of nitrogens with zero attached hydrogens (tertiary/aromatic N) is 2. The zero-order valence-corrected chi connectivity index (χ0v) is 18.1. The average molecular weight is 464 g/mol. The van der Waals surface area contributed by atoms with Gasteiger partial charge >= 0.3 is 5.69 Å². The third-order valence-corrected chi connectivity index (χ3v) is 4.72. The molecule has 0 fully saturated rings. The molecule has 0 aromatic heterocycles. The van der Waals surface area contributed by atoms with E-state index in [1.54, 1.807) is 6.07 Å². The van der Waals surface area contributed by atoms with Gasteiger partial charge in [0.15, 0.2) is 5.75 Å². The number of anilines is 1. The molecule has 0 radical (unpaired) electrons. The lowest BCUT2D eigenvalue weighted by molar-refractivity contribution is -0.385. The van der Waals surface area contributed by atoms with Crippen LogP contribution in [0.25, 0.3) is 0 Å². The summed E-state index contributed by atoms with van der Waals surface area (Å²) in [5.41, 5.74) is 3.09. The molecule has 0 aliphatic heterocycles. The van der Waals surface area contributed by atoms with Gasteiger partial charge in [0.1, 0.15) is 18.3 Å². The average Bonchev–Trinajstić information content (AvgIpc) is 2.84. The first kappa shape index (κ1) is 24.1. The number of carbonyl (C=O) groups excluding carboxylic acids is 2. The number of rotatable bonds is 9. The summed E-state index contributed by atoms with van der Waals surface area (Å²) in [6.07, 6.45) is 1.20. The van der Waals surface area contributed by atoms with E-state index in [2.05, 4.69) is 15.8 Å². The van der Waals surface area contributed by atoms with Crippen LogP contribution in [0.3, 0.4) is 0 Å². The summed E-state index contributed by atoms with van der Waals surface area (Å²) in [7, 11) is 0. The van der Waals surface area contributed by atoms with Crippen molar-refractivity contribution in [2.75, 3.05) is 5.32 Å². The molecule has 0 aliphatic rings. The summed E-state index contributed by atoms with van der Waals surface area (Å²) < 4.78 is 19.2. The second-order valence-corrected chi connectivity index (χ2v) is 7.18. The van der Waals surface area contributed by atoms with E-state index in [1.165, 1.54) is 49.5 Å². The number of amides is 2. The number of benzene rings is 3. The molecule has 3 aromatic carbocycles. The van der Waals surface area contributed by atoms with Gasteiger partial charge < -0.3 is 10.1 Å². The van der Waals surface area contributed by atoms with Crippen LogP contribution in [-0.2, 0) is 16.2 Å². The van der Waals surface area contributed by atoms with E-state index in [1.807, 2.05) is 30.3 Å². The topological polar surface area (TPSA) is 123 Å². The molecule has 2 amide bonds. The first-order chi connectivity index (χ1) is 16.3. The number of ether oxygens (including phenoxy) is 1. The molecule has 1 unspecified atom stereocenters. The first-order valence-corrected chi connectivity index (χ1v) is 10.2. The van der Waals surface area contributed by atoms with Crippen LogP contribution in [0.2, 0.25) is 0 Å². The zero-order chi connectivity index (χ0) is 24.5. The van der Waals surface area contributed by atoms with Gasteiger partial charge in [-0.25, -0.2) is 9.82 Å². The lowest BCUT2D eigenvalue weighted by Gasteiger charge is -2.11. The molecule has 0 heterocycles. The number of hydrazone groups is 1. The van der Waals surface area contributed by atoms with Gasteiger partial charge in [-0.1, -0.05) is 42.5 Å². The van der Waals surface area contributed by atoms with Crippen molar-refractivity contribution in [3.05, 3.63) is 99.9 Å². The maximum atomic E-state index is 13.7. The van der Waals surface area contributed by atoms with Crippen LogP contribution in [0.4, 0.5) is 15.8 Å². The number of para-hydroxylation sites is 1. The van der Waals surface area contributed by atoms with Crippen LogP contribution >= 0.6 is 0 Å². The van der Waals surface area contributed by atoms with Crippen LogP contribution in [0, 0.1) is 21.8 Å². The number of carbonyl (C=O) groups is 2. The Hall–Kier alpha value is -4.60. The number of halogens is 1. The van der Waals surface area contributed by atoms with Crippen molar-refractivity contribution < 1.29 is 23.6 Å². The first-order valence-electron chi connectivity index (χ1n) is 10.2. The standard InChI is InChI=1S/C24H21FN4O5/c1-16(23(30)27-20-10-6-5-9-19(20)25)24(31)28-26-14-18-11-12-22(21(13-18)29(32)33)34-15-17-7-3-2-4-8-17/h2-14,16H,15H2,1H3,(H,27,30)(H,28,31). The van der Waals surface area contributed by atoms with Crippen LogP contribution < -0.4 is 15.5 Å². The smallest absolute Gasteiger partial charge is 0.311 e. The maximum absolute atomic E-state index is 13.7. The lowest BCUT2D eigenvalue weighted by atomic mass is 10.1. The van der Waals surface area contributed by atoms with E-state index in [9.17, 15) is 24.1 Å². The van der Waals surface area contributed by atoms with Gasteiger partial charge in [0.05, 0.1) is 16.8 Å². The van der Waals surface area contributed by atoms with E-state index in [4.69, 9.17) is 4.74 Å². The van der Waals surface area contributed by atoms with Gasteiger partial charge in [-0.05, 0) is 36.8 Å². The van der Waals surface area contributed by atoms with E-state index in [0.717, 1.165) is 5.56 Å². The number of hydrogen-bond donors (Lipinski definition) is 2. The molecule has 3 rings (SSSR count). The summed E-state index contributed by atoms with van der Waals surface area (Å²) in [6.45, 7) is 1.50. The van der Waals surface area contributed by atoms with Gasteiger partial charge in [-0.2, -0.15) is 5.10 Å². The van der Waals surface area contributed by atoms with Gasteiger partial charge in [0.2, 0.25) is 5.91 Å². The number of nitro benzene ring substituents is 1. The molecular formula is C24H21FN4O5. The largest absolute Gasteiger partial charge is 0.482 e. The highest BCUT2D eigenvalue weighted by Crippen LogP contribution is 2.28. The fourth-order valence-electron chi connectivity index (χ4n) is 2.80. The summed E-state index contributed by atoms with van der Waals surface area (Å²) in [6, 6.07) is 19.0. The fourth-order valence-corrected chi connectivity index (χ4v) is 2.80. The van der Waals surface area contributed by atoms with E-state index >= 15 is 0 Å². The zero-order valence-electron chi connectivity index (χ0n) is 18.1. The van der Waals surface area contributed by atoms with Gasteiger partial charge in [0.25, 0.3) is 5.91 Å². The van der Waals surface area contributed by atoms with Crippen LogP contribution in [0.1, 0.15) is 18.1 Å². The Bertz CT molecular complexity index is 1220. The minimum absolute atomic E-state index is 0.0440. The molecular weight excluding hydrogens is 443 g/mol. The fraction of sp³-hybridized carbons (Fsp3) is 0.125. The maximum Gasteiger partial charge on any atom is 0.311 e. The number of nitro groups is 1. The molecule has 0 bridgehead atoms. The van der Waals surface area contributed by atoms with Crippen molar-refractivity contribution in [1.29, 1.82) is 0 Å². The quantitative estimate of drug-likeness (QED) is 0.214. The van der Waals surface area contributed by atoms with E-state index < -0.39 is 28.5 Å².